The average molecular weight is 440 g/mol. The Bertz CT molecular complexity index is 1250. The molecule has 31 heavy (non-hydrogen) atoms. The van der Waals surface area contributed by atoms with Gasteiger partial charge in [0.2, 0.25) is 11.8 Å². The SMILES string of the molecule is CCCN(Cc1nnc(-c2cccs2)o1)C(=O)Cn1c(=O)c(C#N)cn(C2CC2)c1=O. The number of aromatic nitrogens is 4. The van der Waals surface area contributed by atoms with Crippen LogP contribution in [-0.2, 0) is 17.9 Å². The standard InChI is InChI=1S/C20H20N6O4S/c1-2-7-24(11-16-22-23-18(30-16)15-4-3-8-31-15)17(27)12-26-19(28)13(9-21)10-25(20(26)29)14-5-6-14/h3-4,8,10,14H,2,5-7,11-12H2,1H3. The van der Waals surface area contributed by atoms with Crippen LogP contribution in [0.1, 0.15) is 43.7 Å². The molecule has 3 aromatic rings. The van der Waals surface area contributed by atoms with Crippen molar-refractivity contribution in [3.05, 3.63) is 56.0 Å². The second-order valence-corrected chi connectivity index (χ2v) is 8.21. The molecule has 10 nitrogen and oxygen atoms in total. The minimum atomic E-state index is -0.757. The number of nitrogens with zero attached hydrogens (tertiary/aromatic N) is 6. The molecule has 0 bridgehead atoms. The summed E-state index contributed by atoms with van der Waals surface area (Å²) in [6.07, 6.45) is 3.57. The molecule has 11 heteroatoms. The van der Waals surface area contributed by atoms with Crippen LogP contribution >= 0.6 is 11.3 Å². The zero-order chi connectivity index (χ0) is 22.0. The molecule has 160 valence electrons. The normalized spacial score (nSPS) is 13.2. The lowest BCUT2D eigenvalue weighted by atomic mass is 10.3. The number of carbonyl (C=O) groups is 1. The predicted octanol–water partition coefficient (Wildman–Crippen LogP) is 1.77. The van der Waals surface area contributed by atoms with E-state index in [-0.39, 0.29) is 24.0 Å². The molecule has 1 amide bonds. The topological polar surface area (TPSA) is 127 Å². The number of hydrogen-bond donors (Lipinski definition) is 0. The molecule has 3 aromatic heterocycles. The van der Waals surface area contributed by atoms with E-state index in [1.165, 1.54) is 27.0 Å². The van der Waals surface area contributed by atoms with Gasteiger partial charge in [0.25, 0.3) is 11.4 Å². The second-order valence-electron chi connectivity index (χ2n) is 7.26. The van der Waals surface area contributed by atoms with Crippen LogP contribution in [0.3, 0.4) is 0 Å². The van der Waals surface area contributed by atoms with Crippen LogP contribution in [-0.4, -0.2) is 36.7 Å². The highest BCUT2D eigenvalue weighted by Gasteiger charge is 2.28. The lowest BCUT2D eigenvalue weighted by Gasteiger charge is -2.21. The van der Waals surface area contributed by atoms with Crippen molar-refractivity contribution >= 4 is 17.2 Å². The third-order valence-electron chi connectivity index (χ3n) is 4.92. The van der Waals surface area contributed by atoms with Gasteiger partial charge in [-0.25, -0.2) is 9.36 Å². The summed E-state index contributed by atoms with van der Waals surface area (Å²) in [7, 11) is 0. The van der Waals surface area contributed by atoms with Crippen molar-refractivity contribution in [2.75, 3.05) is 6.54 Å². The van der Waals surface area contributed by atoms with E-state index < -0.39 is 23.7 Å². The van der Waals surface area contributed by atoms with Crippen LogP contribution in [0.25, 0.3) is 10.8 Å². The second kappa shape index (κ2) is 8.69. The largest absolute Gasteiger partial charge is 0.418 e. The highest BCUT2D eigenvalue weighted by molar-refractivity contribution is 7.13. The molecule has 0 unspecified atom stereocenters. The van der Waals surface area contributed by atoms with Crippen molar-refractivity contribution in [2.45, 2.75) is 45.3 Å². The Hall–Kier alpha value is -3.52. The third kappa shape index (κ3) is 4.34. The summed E-state index contributed by atoms with van der Waals surface area (Å²) in [5.41, 5.74) is -1.49. The first-order valence-corrected chi connectivity index (χ1v) is 10.8. The van der Waals surface area contributed by atoms with Gasteiger partial charge in [-0.15, -0.1) is 21.5 Å². The van der Waals surface area contributed by atoms with Crippen LogP contribution in [0.4, 0.5) is 0 Å². The quantitative estimate of drug-likeness (QED) is 0.522. The van der Waals surface area contributed by atoms with Gasteiger partial charge >= 0.3 is 5.69 Å². The molecule has 1 fully saturated rings. The molecule has 0 saturated heterocycles. The lowest BCUT2D eigenvalue weighted by Crippen LogP contribution is -2.45. The van der Waals surface area contributed by atoms with E-state index in [0.717, 1.165) is 22.3 Å². The van der Waals surface area contributed by atoms with Crippen molar-refractivity contribution in [3.8, 4) is 16.8 Å². The number of rotatable bonds is 8. The minimum Gasteiger partial charge on any atom is -0.418 e. The van der Waals surface area contributed by atoms with Crippen LogP contribution < -0.4 is 11.2 Å². The molecule has 0 N–H and O–H groups in total. The van der Waals surface area contributed by atoms with Crippen molar-refractivity contribution in [3.63, 3.8) is 0 Å². The molecule has 1 aliphatic rings. The summed E-state index contributed by atoms with van der Waals surface area (Å²) in [5.74, 6) is 0.201. The van der Waals surface area contributed by atoms with E-state index in [9.17, 15) is 19.6 Å². The third-order valence-corrected chi connectivity index (χ3v) is 5.78. The fourth-order valence-electron chi connectivity index (χ4n) is 3.23. The van der Waals surface area contributed by atoms with Gasteiger partial charge in [0.15, 0.2) is 0 Å². The Morgan fingerprint density at radius 2 is 2.19 bits per heavy atom. The Morgan fingerprint density at radius 1 is 1.39 bits per heavy atom. The van der Waals surface area contributed by atoms with Crippen LogP contribution in [0, 0.1) is 11.3 Å². The maximum absolute atomic E-state index is 13.0. The molecular weight excluding hydrogens is 420 g/mol. The monoisotopic (exact) mass is 440 g/mol. The summed E-state index contributed by atoms with van der Waals surface area (Å²) in [4.78, 5) is 40.6. The Morgan fingerprint density at radius 3 is 2.84 bits per heavy atom. The van der Waals surface area contributed by atoms with Crippen LogP contribution in [0.5, 0.6) is 0 Å². The van der Waals surface area contributed by atoms with Gasteiger partial charge in [-0.3, -0.25) is 14.2 Å². The van der Waals surface area contributed by atoms with Gasteiger partial charge in [0.05, 0.1) is 11.4 Å². The van der Waals surface area contributed by atoms with Gasteiger partial charge in [0, 0.05) is 18.8 Å². The van der Waals surface area contributed by atoms with Crippen molar-refractivity contribution in [1.82, 2.24) is 24.2 Å². The first-order chi connectivity index (χ1) is 15.0. The number of amides is 1. The zero-order valence-electron chi connectivity index (χ0n) is 16.9. The summed E-state index contributed by atoms with van der Waals surface area (Å²) in [6.45, 7) is 1.91. The Labute approximate surface area is 181 Å². The van der Waals surface area contributed by atoms with Gasteiger partial charge < -0.3 is 9.32 Å². The fourth-order valence-corrected chi connectivity index (χ4v) is 3.87. The van der Waals surface area contributed by atoms with Crippen molar-refractivity contribution in [1.29, 1.82) is 5.26 Å². The molecule has 1 aliphatic carbocycles. The summed E-state index contributed by atoms with van der Waals surface area (Å²) in [6, 6.07) is 5.52. The molecule has 0 aromatic carbocycles. The smallest absolute Gasteiger partial charge is 0.331 e. The molecule has 0 atom stereocenters. The highest BCUT2D eigenvalue weighted by atomic mass is 32.1. The fraction of sp³-hybridized carbons (Fsp3) is 0.400. The first-order valence-electron chi connectivity index (χ1n) is 9.92. The van der Waals surface area contributed by atoms with E-state index in [1.807, 2.05) is 30.5 Å². The Balaban J connectivity index is 1.57. The molecular formula is C20H20N6O4S. The van der Waals surface area contributed by atoms with Crippen molar-refractivity contribution < 1.29 is 9.21 Å². The lowest BCUT2D eigenvalue weighted by molar-refractivity contribution is -0.133. The first kappa shape index (κ1) is 20.7. The summed E-state index contributed by atoms with van der Waals surface area (Å²) in [5, 5.41) is 19.2. The summed E-state index contributed by atoms with van der Waals surface area (Å²) >= 11 is 1.46. The molecule has 4 rings (SSSR count). The molecule has 0 aliphatic heterocycles. The van der Waals surface area contributed by atoms with Crippen LogP contribution in [0.15, 0.2) is 37.7 Å². The highest BCUT2D eigenvalue weighted by Crippen LogP contribution is 2.33. The van der Waals surface area contributed by atoms with E-state index >= 15 is 0 Å². The maximum atomic E-state index is 13.0. The predicted molar refractivity (Wildman–Crippen MR) is 111 cm³/mol. The van der Waals surface area contributed by atoms with E-state index in [1.54, 1.807) is 0 Å². The molecule has 1 saturated carbocycles. The number of carbonyl (C=O) groups excluding carboxylic acids is 1. The molecule has 3 heterocycles. The van der Waals surface area contributed by atoms with E-state index in [4.69, 9.17) is 4.42 Å². The van der Waals surface area contributed by atoms with Crippen LogP contribution in [0.2, 0.25) is 0 Å². The Kier molecular flexibility index (Phi) is 5.81. The number of thiophene rings is 1. The van der Waals surface area contributed by atoms with E-state index in [2.05, 4.69) is 10.2 Å². The molecule has 0 spiro atoms. The zero-order valence-corrected chi connectivity index (χ0v) is 17.7. The average Bonchev–Trinajstić information content (AvgIpc) is 3.25. The van der Waals surface area contributed by atoms with Gasteiger partial charge in [-0.1, -0.05) is 13.0 Å². The minimum absolute atomic E-state index is 0.0256. The van der Waals surface area contributed by atoms with Gasteiger partial charge in [-0.2, -0.15) is 5.26 Å². The van der Waals surface area contributed by atoms with Gasteiger partial charge in [-0.05, 0) is 30.7 Å². The molecule has 0 radical (unpaired) electrons. The maximum Gasteiger partial charge on any atom is 0.331 e. The number of hydrogen-bond acceptors (Lipinski definition) is 8. The van der Waals surface area contributed by atoms with Gasteiger partial charge in [0.1, 0.15) is 18.2 Å². The van der Waals surface area contributed by atoms with E-state index in [0.29, 0.717) is 18.9 Å². The summed E-state index contributed by atoms with van der Waals surface area (Å²) < 4.78 is 7.88. The number of nitriles is 1. The van der Waals surface area contributed by atoms with Crippen molar-refractivity contribution in [2.24, 2.45) is 0 Å².